The molecule has 2 aromatic heterocycles. The molecule has 63 heavy (non-hydrogen) atoms. The third-order valence-electron chi connectivity index (χ3n) is 11.6. The van der Waals surface area contributed by atoms with Gasteiger partial charge in [-0.15, -0.1) is 0 Å². The number of rotatable bonds is 14. The number of aromatic nitrogens is 4. The number of imide groups is 1. The second-order valence-electron chi connectivity index (χ2n) is 15.5. The number of nitrogens with zero attached hydrogens (tertiary/aromatic N) is 6. The van der Waals surface area contributed by atoms with Crippen LogP contribution in [-0.4, -0.2) is 141 Å². The number of ether oxygens (including phenoxy) is 1. The van der Waals surface area contributed by atoms with Gasteiger partial charge in [-0.2, -0.15) is 4.31 Å². The van der Waals surface area contributed by atoms with Gasteiger partial charge in [0.15, 0.2) is 23.2 Å². The maximum Gasteiger partial charge on any atom is 0.481 e. The Kier molecular flexibility index (Phi) is 11.7. The van der Waals surface area contributed by atoms with Gasteiger partial charge in [-0.3, -0.25) is 33.4 Å². The van der Waals surface area contributed by atoms with E-state index in [9.17, 15) is 58.8 Å². The zero-order valence-electron chi connectivity index (χ0n) is 33.2. The van der Waals surface area contributed by atoms with Gasteiger partial charge in [0, 0.05) is 18.9 Å². The van der Waals surface area contributed by atoms with Crippen LogP contribution in [-0.2, 0) is 36.8 Å². The highest BCUT2D eigenvalue weighted by Gasteiger charge is 2.69. The number of carbonyl (C=O) groups excluding carboxylic acids is 3. The minimum Gasteiger partial charge on any atom is -0.388 e. The second-order valence-corrected chi connectivity index (χ2v) is 18.5. The number of nitrogen functional groups attached to an aromatic ring is 1. The quantitative estimate of drug-likeness (QED) is 0.0673. The Morgan fingerprint density at radius 2 is 1.63 bits per heavy atom. The smallest absolute Gasteiger partial charge is 0.388 e. The van der Waals surface area contributed by atoms with E-state index in [1.165, 1.54) is 20.7 Å². The van der Waals surface area contributed by atoms with Gasteiger partial charge < -0.3 is 56.0 Å². The van der Waals surface area contributed by atoms with Gasteiger partial charge >= 0.3 is 21.7 Å². The molecule has 8 rings (SSSR count). The van der Waals surface area contributed by atoms with Crippen molar-refractivity contribution in [3.05, 3.63) is 71.8 Å². The van der Waals surface area contributed by atoms with E-state index in [1.54, 1.807) is 56.3 Å². The molecule has 25 nitrogen and oxygen atoms in total. The average Bonchev–Trinajstić information content (AvgIpc) is 3.89. The first-order chi connectivity index (χ1) is 29.7. The number of hydrogen-bond donors (Lipinski definition) is 10. The van der Waals surface area contributed by atoms with Gasteiger partial charge in [-0.25, -0.2) is 28.9 Å². The van der Waals surface area contributed by atoms with Crippen molar-refractivity contribution in [3.8, 4) is 0 Å². The Hall–Kier alpha value is -4.98. The fraction of sp³-hybridized carbons (Fsp3) is 0.444. The largest absolute Gasteiger partial charge is 0.481 e. The summed E-state index contributed by atoms with van der Waals surface area (Å²) >= 11 is 0. The van der Waals surface area contributed by atoms with Crippen LogP contribution in [0.3, 0.4) is 0 Å². The summed E-state index contributed by atoms with van der Waals surface area (Å²) in [7, 11) is -11.1. The fourth-order valence-electron chi connectivity index (χ4n) is 8.53. The number of phosphoric ester groups is 2. The summed E-state index contributed by atoms with van der Waals surface area (Å²) in [6.07, 6.45) is -11.6. The zero-order chi connectivity index (χ0) is 45.3. The molecule has 11 N–H and O–H groups in total. The number of benzene rings is 2. The van der Waals surface area contributed by atoms with Gasteiger partial charge in [0.2, 0.25) is 5.91 Å². The molecule has 1 spiro atoms. The molecular weight excluding hydrogens is 876 g/mol. The number of β-amino-alcohol motifs (C(OH)–C–C–N with tert-alkyl or cyclic N) is 1. The number of imidazole rings is 1. The number of hydrogen-bond acceptors (Lipinski definition) is 19. The van der Waals surface area contributed by atoms with Crippen molar-refractivity contribution in [1.29, 1.82) is 0 Å². The number of nitrogens with one attached hydrogen (secondary N) is 2. The van der Waals surface area contributed by atoms with E-state index in [2.05, 4.69) is 34.4 Å². The Morgan fingerprint density at radius 1 is 0.952 bits per heavy atom. The van der Waals surface area contributed by atoms with Crippen LogP contribution in [0, 0.1) is 13.8 Å². The third-order valence-corrected chi connectivity index (χ3v) is 14.2. The van der Waals surface area contributed by atoms with E-state index in [-0.39, 0.29) is 34.8 Å². The molecule has 4 aliphatic rings. The summed E-state index contributed by atoms with van der Waals surface area (Å²) in [4.78, 5) is 76.4. The predicted molar refractivity (Wildman–Crippen MR) is 214 cm³/mol. The van der Waals surface area contributed by atoms with E-state index >= 15 is 0 Å². The summed E-state index contributed by atoms with van der Waals surface area (Å²) in [5, 5.41) is 59.6. The number of nitrogens with two attached hydrogens (primary N) is 1. The third kappa shape index (κ3) is 7.88. The first-order valence-electron chi connectivity index (χ1n) is 19.3. The number of carbonyl (C=O) groups is 3. The van der Waals surface area contributed by atoms with Crippen LogP contribution in [0.5, 0.6) is 0 Å². The maximum absolute atomic E-state index is 14.2. The van der Waals surface area contributed by atoms with Gasteiger partial charge in [0.05, 0.1) is 30.9 Å². The van der Waals surface area contributed by atoms with Crippen molar-refractivity contribution in [3.63, 3.8) is 0 Å². The lowest BCUT2D eigenvalue weighted by molar-refractivity contribution is -0.129. The van der Waals surface area contributed by atoms with Crippen molar-refractivity contribution >= 4 is 61.8 Å². The predicted octanol–water partition coefficient (Wildman–Crippen LogP) is -1.08. The minimum absolute atomic E-state index is 0.0233. The molecule has 3 unspecified atom stereocenters. The number of anilines is 3. The first kappa shape index (κ1) is 44.6. The normalized spacial score (nSPS) is 28.9. The van der Waals surface area contributed by atoms with Crippen molar-refractivity contribution in [2.75, 3.05) is 35.3 Å². The molecule has 4 amide bonds. The second kappa shape index (κ2) is 16.5. The lowest BCUT2D eigenvalue weighted by atomic mass is 9.73. The van der Waals surface area contributed by atoms with Crippen LogP contribution in [0.25, 0.3) is 11.2 Å². The van der Waals surface area contributed by atoms with Gasteiger partial charge in [-0.05, 0) is 42.7 Å². The Morgan fingerprint density at radius 3 is 2.35 bits per heavy atom. The topological polar surface area (TPSA) is 364 Å². The minimum atomic E-state index is -5.61. The van der Waals surface area contributed by atoms with Crippen LogP contribution >= 0.6 is 15.6 Å². The van der Waals surface area contributed by atoms with E-state index in [1.807, 2.05) is 0 Å². The molecule has 4 aliphatic heterocycles. The molecule has 6 heterocycles. The molecule has 4 aromatic rings. The fourth-order valence-corrected chi connectivity index (χ4v) is 10.6. The summed E-state index contributed by atoms with van der Waals surface area (Å²) in [6.45, 7) is 0.734. The lowest BCUT2D eigenvalue weighted by Crippen LogP contribution is -2.81. The van der Waals surface area contributed by atoms with Crippen LogP contribution in [0.2, 0.25) is 0 Å². The van der Waals surface area contributed by atoms with Gasteiger partial charge in [0.25, 0.3) is 5.91 Å². The average molecular weight is 920 g/mol. The van der Waals surface area contributed by atoms with Gasteiger partial charge in [-0.1, -0.05) is 30.3 Å². The van der Waals surface area contributed by atoms with Crippen molar-refractivity contribution in [2.45, 2.75) is 80.7 Å². The molecule has 0 saturated carbocycles. The molecule has 0 radical (unpaired) electrons. The number of phosphoric acid groups is 2. The molecule has 3 fully saturated rings. The summed E-state index contributed by atoms with van der Waals surface area (Å²) in [5.41, 5.74) is 6.94. The molecule has 0 aliphatic carbocycles. The summed E-state index contributed by atoms with van der Waals surface area (Å²) in [6, 6.07) is 11.2. The van der Waals surface area contributed by atoms with Crippen molar-refractivity contribution in [1.82, 2.24) is 30.2 Å². The lowest BCUT2D eigenvalue weighted by Gasteiger charge is -2.56. The number of aliphatic hydroxyl groups is 5. The van der Waals surface area contributed by atoms with Crippen molar-refractivity contribution < 1.29 is 76.9 Å². The molecule has 12 atom stereocenters. The van der Waals surface area contributed by atoms with Crippen molar-refractivity contribution in [2.24, 2.45) is 0 Å². The maximum atomic E-state index is 14.2. The van der Waals surface area contributed by atoms with E-state index in [4.69, 9.17) is 15.0 Å². The zero-order valence-corrected chi connectivity index (χ0v) is 35.0. The first-order valence-corrected chi connectivity index (χ1v) is 22.3. The Bertz CT molecular complexity index is 2550. The molecular formula is C36H43N9O16P2. The molecule has 2 aromatic carbocycles. The van der Waals surface area contributed by atoms with Crippen LogP contribution < -0.4 is 26.2 Å². The van der Waals surface area contributed by atoms with E-state index in [0.29, 0.717) is 5.56 Å². The highest BCUT2D eigenvalue weighted by Crippen LogP contribution is 2.61. The molecule has 27 heteroatoms. The molecule has 3 saturated heterocycles. The van der Waals surface area contributed by atoms with Crippen LogP contribution in [0.4, 0.5) is 22.0 Å². The molecule has 338 valence electrons. The summed E-state index contributed by atoms with van der Waals surface area (Å²) < 4.78 is 46.1. The number of aliphatic hydroxyl groups excluding tert-OH is 5. The number of fused-ring (bicyclic) bond motifs is 3. The van der Waals surface area contributed by atoms with Crippen LogP contribution in [0.15, 0.2) is 55.1 Å². The number of aryl methyl sites for hydroxylation is 2. The Labute approximate surface area is 356 Å². The van der Waals surface area contributed by atoms with E-state index < -0.39 is 114 Å². The van der Waals surface area contributed by atoms with Gasteiger partial charge in [0.1, 0.15) is 54.6 Å². The Balaban J connectivity index is 0.941. The number of amides is 4. The monoisotopic (exact) mass is 919 g/mol. The SMILES string of the molecule is Cc1cc2c(cc1C)N1C(=O)CC(c3ccccc3)[C@]13C(=O)NC(=O)N[C@@H]3N2C[C@H](O)[C@H](O)[C@H](O)COP(=O)(O)OP(=O)(O)OC[C@H]1O[C@@H](n2cnc3c(N)ncnc32)[C@H](O)[C@@H]1O. The highest BCUT2D eigenvalue weighted by atomic mass is 31.3. The number of urea groups is 1. The molecule has 0 bridgehead atoms. The highest BCUT2D eigenvalue weighted by molar-refractivity contribution is 7.61. The van der Waals surface area contributed by atoms with Crippen LogP contribution in [0.1, 0.15) is 35.3 Å². The standard InChI is InChI=1S/C36H43N9O16P2/c1-16-8-20-21(9-17(16)2)45-25(48)10-19(18-6-4-3-5-7-18)36(45)33(41-35(53)42-34(36)52)43(20)11-22(46)27(49)23(47)12-58-62(54,55)61-63(56,57)59-13-24-28(50)29(51)32(60-24)44-15-40-26-30(37)38-14-39-31(26)44/h3-9,14-15,19,22-24,27-29,32-33,46-47,49-51H,10-13H2,1-2H3,(H,54,55)(H,56,57)(H2,37,38,39)(H2,41,42,52,53)/t19?,22-,23+,24+,27-,28+,29+,32+,33+,36-/m0/s1. The summed E-state index contributed by atoms with van der Waals surface area (Å²) in [5.74, 6) is -2.01. The van der Waals surface area contributed by atoms with E-state index in [0.717, 1.165) is 17.5 Å².